The lowest BCUT2D eigenvalue weighted by Crippen LogP contribution is -3.00. The Balaban J connectivity index is 0.00000370. The Kier molecular flexibility index (Phi) is 7.98. The van der Waals surface area contributed by atoms with Crippen LogP contribution in [0.1, 0.15) is 93.1 Å². The average molecular weight is 602 g/mol. The zero-order valence-corrected chi connectivity index (χ0v) is 24.1. The number of nitro benzene ring substituents is 1. The second-order valence-corrected chi connectivity index (χ2v) is 10.3. The van der Waals surface area contributed by atoms with Crippen LogP contribution in [0.3, 0.4) is 0 Å². The van der Waals surface area contributed by atoms with Gasteiger partial charge in [-0.3, -0.25) is 24.5 Å². The molecule has 0 bridgehead atoms. The standard InChI is InChI=1S/C31H28N3O5.BrH/c1-18(2)22-10-7-11-23(19(3)4)27(22)33-17-32(16-26(35)20-12-14-21(15-13-20)34(38)39)28-29(33)31(37)25-9-6-5-8-24(25)30(28)36;/h5-15,17-19H,16H2,1-4H3;1H/q+1;/p-1. The van der Waals surface area contributed by atoms with E-state index in [2.05, 4.69) is 27.7 Å². The SMILES string of the molecule is CC(C)c1cccc(C(C)C)c1-n1c[n+](CC(=O)c2ccc([N+](=O)[O-])cc2)c2c1C(=O)c1ccccc1C2=O.[Br-]. The van der Waals surface area contributed by atoms with Crippen molar-refractivity contribution in [2.24, 2.45) is 0 Å². The van der Waals surface area contributed by atoms with Gasteiger partial charge in [-0.1, -0.05) is 70.2 Å². The zero-order valence-electron chi connectivity index (χ0n) is 22.6. The Labute approximate surface area is 242 Å². The summed E-state index contributed by atoms with van der Waals surface area (Å²) in [5.74, 6) is -0.684. The number of carbonyl (C=O) groups excluding carboxylic acids is 3. The van der Waals surface area contributed by atoms with Crippen molar-refractivity contribution in [2.45, 2.75) is 46.1 Å². The minimum absolute atomic E-state index is 0. The van der Waals surface area contributed by atoms with E-state index in [4.69, 9.17) is 0 Å². The first-order valence-corrected chi connectivity index (χ1v) is 12.8. The molecule has 0 N–H and O–H groups in total. The van der Waals surface area contributed by atoms with E-state index in [0.29, 0.717) is 11.1 Å². The van der Waals surface area contributed by atoms with Gasteiger partial charge in [-0.25, -0.2) is 4.57 Å². The van der Waals surface area contributed by atoms with Gasteiger partial charge < -0.3 is 17.0 Å². The molecule has 0 amide bonds. The molecule has 1 aliphatic carbocycles. The molecule has 0 unspecified atom stereocenters. The molecule has 3 aromatic carbocycles. The third-order valence-electron chi connectivity index (χ3n) is 7.15. The average Bonchev–Trinajstić information content (AvgIpc) is 3.30. The third kappa shape index (κ3) is 4.81. The Bertz CT molecular complexity index is 1640. The highest BCUT2D eigenvalue weighted by Gasteiger charge is 2.43. The van der Waals surface area contributed by atoms with Gasteiger partial charge in [0.05, 0.1) is 4.92 Å². The molecule has 1 aliphatic rings. The number of fused-ring (bicyclic) bond motifs is 2. The van der Waals surface area contributed by atoms with E-state index in [1.165, 1.54) is 28.8 Å². The molecule has 0 atom stereocenters. The van der Waals surface area contributed by atoms with Gasteiger partial charge in [0.2, 0.25) is 28.7 Å². The summed E-state index contributed by atoms with van der Waals surface area (Å²) in [5, 5.41) is 11.0. The number of Topliss-reactive ketones (excluding diaryl/α,β-unsaturated/α-hetero) is 1. The van der Waals surface area contributed by atoms with Crippen molar-refractivity contribution in [3.05, 3.63) is 122 Å². The number of nitrogens with zero attached hydrogens (tertiary/aromatic N) is 3. The van der Waals surface area contributed by atoms with Crippen LogP contribution in [0, 0.1) is 10.1 Å². The minimum atomic E-state index is -0.528. The van der Waals surface area contributed by atoms with Crippen LogP contribution in [0.15, 0.2) is 73.1 Å². The van der Waals surface area contributed by atoms with Crippen molar-refractivity contribution in [3.8, 4) is 5.69 Å². The van der Waals surface area contributed by atoms with Crippen LogP contribution in [-0.2, 0) is 6.54 Å². The summed E-state index contributed by atoms with van der Waals surface area (Å²) in [4.78, 5) is 51.6. The fourth-order valence-corrected chi connectivity index (χ4v) is 5.19. The maximum atomic E-state index is 13.9. The summed E-state index contributed by atoms with van der Waals surface area (Å²) in [5.41, 5.74) is 4.04. The van der Waals surface area contributed by atoms with E-state index < -0.39 is 4.92 Å². The molecule has 9 heteroatoms. The smallest absolute Gasteiger partial charge is 0.269 e. The fraction of sp³-hybridized carbons (Fsp3) is 0.226. The number of halogens is 1. The molecule has 5 rings (SSSR count). The number of imidazole rings is 1. The summed E-state index contributed by atoms with van der Waals surface area (Å²) in [7, 11) is 0. The lowest BCUT2D eigenvalue weighted by atomic mass is 9.88. The van der Waals surface area contributed by atoms with E-state index in [1.54, 1.807) is 35.2 Å². The fourth-order valence-electron chi connectivity index (χ4n) is 5.19. The van der Waals surface area contributed by atoms with E-state index in [1.807, 2.05) is 18.2 Å². The van der Waals surface area contributed by atoms with Gasteiger partial charge in [0.15, 0.2) is 6.54 Å². The molecule has 0 fully saturated rings. The van der Waals surface area contributed by atoms with Crippen LogP contribution in [0.4, 0.5) is 5.69 Å². The third-order valence-corrected chi connectivity index (χ3v) is 7.15. The van der Waals surface area contributed by atoms with Crippen molar-refractivity contribution < 1.29 is 40.9 Å². The zero-order chi connectivity index (χ0) is 28.0. The normalized spacial score (nSPS) is 12.2. The van der Waals surface area contributed by atoms with Crippen LogP contribution in [0.5, 0.6) is 0 Å². The Morgan fingerprint density at radius 2 is 1.40 bits per heavy atom. The highest BCUT2D eigenvalue weighted by molar-refractivity contribution is 6.26. The van der Waals surface area contributed by atoms with Crippen LogP contribution < -0.4 is 21.5 Å². The van der Waals surface area contributed by atoms with Gasteiger partial charge >= 0.3 is 0 Å². The Morgan fingerprint density at radius 3 is 1.93 bits per heavy atom. The van der Waals surface area contributed by atoms with Gasteiger partial charge in [0, 0.05) is 39.9 Å². The Hall–Kier alpha value is -4.24. The van der Waals surface area contributed by atoms with Crippen LogP contribution in [0.25, 0.3) is 5.69 Å². The molecule has 1 aromatic heterocycles. The highest BCUT2D eigenvalue weighted by atomic mass is 79.9. The number of aromatic nitrogens is 2. The molecular formula is C31H28BrN3O5. The number of benzene rings is 3. The van der Waals surface area contributed by atoms with Gasteiger partial charge in [-0.05, 0) is 24.0 Å². The minimum Gasteiger partial charge on any atom is -1.00 e. The number of para-hydroxylation sites is 1. The Morgan fingerprint density at radius 1 is 0.850 bits per heavy atom. The maximum Gasteiger partial charge on any atom is 0.269 e. The summed E-state index contributed by atoms with van der Waals surface area (Å²) >= 11 is 0. The van der Waals surface area contributed by atoms with Crippen LogP contribution in [-0.4, -0.2) is 26.8 Å². The van der Waals surface area contributed by atoms with E-state index in [9.17, 15) is 24.5 Å². The highest BCUT2D eigenvalue weighted by Crippen LogP contribution is 2.35. The van der Waals surface area contributed by atoms with Crippen molar-refractivity contribution in [2.75, 3.05) is 0 Å². The predicted molar refractivity (Wildman–Crippen MR) is 145 cm³/mol. The van der Waals surface area contributed by atoms with Gasteiger partial charge in [0.1, 0.15) is 5.69 Å². The second-order valence-electron chi connectivity index (χ2n) is 10.3. The number of rotatable bonds is 7. The molecule has 0 saturated heterocycles. The number of carbonyl (C=O) groups is 3. The summed E-state index contributed by atoms with van der Waals surface area (Å²) < 4.78 is 3.32. The van der Waals surface area contributed by atoms with Crippen molar-refractivity contribution in [3.63, 3.8) is 0 Å². The maximum absolute atomic E-state index is 13.9. The monoisotopic (exact) mass is 601 g/mol. The number of non-ortho nitro benzene ring substituents is 1. The molecule has 40 heavy (non-hydrogen) atoms. The van der Waals surface area contributed by atoms with E-state index in [-0.39, 0.29) is 75.4 Å². The van der Waals surface area contributed by atoms with Crippen LogP contribution in [0.2, 0.25) is 0 Å². The van der Waals surface area contributed by atoms with Crippen molar-refractivity contribution >= 4 is 23.0 Å². The lowest BCUT2D eigenvalue weighted by molar-refractivity contribution is -0.684. The van der Waals surface area contributed by atoms with Gasteiger partial charge in [0.25, 0.3) is 12.0 Å². The van der Waals surface area contributed by atoms with Gasteiger partial charge in [-0.2, -0.15) is 4.57 Å². The molecule has 0 saturated carbocycles. The second kappa shape index (κ2) is 11.1. The van der Waals surface area contributed by atoms with E-state index in [0.717, 1.165) is 16.8 Å². The molecular weight excluding hydrogens is 574 g/mol. The summed E-state index contributed by atoms with van der Waals surface area (Å²) in [6.07, 6.45) is 1.67. The number of hydrogen-bond donors (Lipinski definition) is 0. The predicted octanol–water partition coefficient (Wildman–Crippen LogP) is 2.58. The lowest BCUT2D eigenvalue weighted by Gasteiger charge is -2.18. The molecule has 1 heterocycles. The molecule has 4 aromatic rings. The molecule has 0 radical (unpaired) electrons. The topological polar surface area (TPSA) is 103 Å². The number of nitro groups is 1. The number of ketones is 3. The molecule has 204 valence electrons. The molecule has 0 spiro atoms. The first-order valence-electron chi connectivity index (χ1n) is 12.8. The van der Waals surface area contributed by atoms with Crippen molar-refractivity contribution in [1.82, 2.24) is 4.57 Å². The van der Waals surface area contributed by atoms with Crippen LogP contribution >= 0.6 is 0 Å². The van der Waals surface area contributed by atoms with Gasteiger partial charge in [-0.15, -0.1) is 0 Å². The largest absolute Gasteiger partial charge is 1.00 e. The summed E-state index contributed by atoms with van der Waals surface area (Å²) in [6.45, 7) is 8.09. The quantitative estimate of drug-likeness (QED) is 0.123. The van der Waals surface area contributed by atoms with E-state index >= 15 is 0 Å². The number of hydrogen-bond acceptors (Lipinski definition) is 5. The summed E-state index contributed by atoms with van der Waals surface area (Å²) in [6, 6.07) is 18.1. The van der Waals surface area contributed by atoms with Crippen molar-refractivity contribution in [1.29, 1.82) is 0 Å². The first kappa shape index (κ1) is 28.8. The first-order chi connectivity index (χ1) is 18.6. The molecule has 8 nitrogen and oxygen atoms in total. The molecule has 0 aliphatic heterocycles.